The number of carbonyl (C=O) groups is 1. The van der Waals surface area contributed by atoms with Crippen LogP contribution in [0.4, 0.5) is 10.5 Å². The maximum atomic E-state index is 11.9. The highest BCUT2D eigenvalue weighted by Gasteiger charge is 2.48. The molecular weight excluding hydrogens is 218 g/mol. The number of nitrogens with zero attached hydrogens (tertiary/aromatic N) is 1. The van der Waals surface area contributed by atoms with Crippen LogP contribution in [-0.4, -0.2) is 23.3 Å². The van der Waals surface area contributed by atoms with Gasteiger partial charge in [-0.25, -0.2) is 4.79 Å². The molecule has 0 bridgehead atoms. The SMILES string of the molecule is O=C1OCCC2(CCC2)N1c1ccc(O)cc1. The van der Waals surface area contributed by atoms with E-state index in [0.29, 0.717) is 6.61 Å². The summed E-state index contributed by atoms with van der Waals surface area (Å²) in [6, 6.07) is 6.73. The van der Waals surface area contributed by atoms with Gasteiger partial charge in [-0.1, -0.05) is 0 Å². The summed E-state index contributed by atoms with van der Waals surface area (Å²) in [6.45, 7) is 0.521. The van der Waals surface area contributed by atoms with Crippen LogP contribution in [-0.2, 0) is 4.74 Å². The predicted molar refractivity (Wildman–Crippen MR) is 63.1 cm³/mol. The molecule has 1 aromatic carbocycles. The third kappa shape index (κ3) is 1.55. The number of benzene rings is 1. The Morgan fingerprint density at radius 3 is 2.47 bits per heavy atom. The summed E-state index contributed by atoms with van der Waals surface area (Å²) in [4.78, 5) is 13.7. The van der Waals surface area contributed by atoms with Gasteiger partial charge in [0.2, 0.25) is 0 Å². The zero-order valence-electron chi connectivity index (χ0n) is 9.56. The smallest absolute Gasteiger partial charge is 0.414 e. The highest BCUT2D eigenvalue weighted by molar-refractivity contribution is 5.90. The number of phenolic OH excluding ortho intramolecular Hbond substituents is 1. The molecule has 0 unspecified atom stereocenters. The van der Waals surface area contributed by atoms with Gasteiger partial charge in [-0.2, -0.15) is 0 Å². The highest BCUT2D eigenvalue weighted by atomic mass is 16.6. The van der Waals surface area contributed by atoms with Gasteiger partial charge in [0.15, 0.2) is 0 Å². The number of rotatable bonds is 1. The van der Waals surface area contributed by atoms with Crippen molar-refractivity contribution >= 4 is 11.8 Å². The van der Waals surface area contributed by atoms with E-state index in [1.165, 1.54) is 6.42 Å². The topological polar surface area (TPSA) is 49.8 Å². The molecule has 3 rings (SSSR count). The summed E-state index contributed by atoms with van der Waals surface area (Å²) in [5, 5.41) is 9.29. The molecule has 1 aromatic rings. The molecule has 0 aromatic heterocycles. The summed E-state index contributed by atoms with van der Waals surface area (Å²) in [5.41, 5.74) is 0.777. The maximum absolute atomic E-state index is 11.9. The molecule has 1 spiro atoms. The van der Waals surface area contributed by atoms with Crippen LogP contribution in [0.2, 0.25) is 0 Å². The number of cyclic esters (lactones) is 1. The lowest BCUT2D eigenvalue weighted by atomic mass is 9.72. The van der Waals surface area contributed by atoms with Crippen LogP contribution in [0, 0.1) is 0 Å². The summed E-state index contributed by atoms with van der Waals surface area (Å²) >= 11 is 0. The second kappa shape index (κ2) is 3.65. The van der Waals surface area contributed by atoms with Crippen molar-refractivity contribution in [2.24, 2.45) is 0 Å². The van der Waals surface area contributed by atoms with E-state index in [1.807, 2.05) is 0 Å². The van der Waals surface area contributed by atoms with Crippen LogP contribution in [0.25, 0.3) is 0 Å². The van der Waals surface area contributed by atoms with E-state index in [2.05, 4.69) is 0 Å². The van der Waals surface area contributed by atoms with Crippen molar-refractivity contribution in [2.45, 2.75) is 31.2 Å². The molecule has 2 fully saturated rings. The van der Waals surface area contributed by atoms with Gasteiger partial charge in [-0.05, 0) is 43.5 Å². The first-order chi connectivity index (χ1) is 8.21. The Labute approximate surface area is 99.8 Å². The van der Waals surface area contributed by atoms with Gasteiger partial charge < -0.3 is 9.84 Å². The van der Waals surface area contributed by atoms with E-state index in [1.54, 1.807) is 29.2 Å². The minimum atomic E-state index is -0.262. The first-order valence-corrected chi connectivity index (χ1v) is 5.97. The van der Waals surface area contributed by atoms with Crippen LogP contribution in [0.5, 0.6) is 5.75 Å². The molecule has 4 heteroatoms. The number of hydrogen-bond acceptors (Lipinski definition) is 3. The molecule has 1 N–H and O–H groups in total. The second-order valence-corrected chi connectivity index (χ2v) is 4.79. The molecule has 1 saturated heterocycles. The Bertz CT molecular complexity index is 436. The standard InChI is InChI=1S/C13H15NO3/c15-11-4-2-10(3-5-11)14-12(16)17-9-8-13(14)6-1-7-13/h2-5,15H,1,6-9H2. The molecule has 1 saturated carbocycles. The Morgan fingerprint density at radius 1 is 1.18 bits per heavy atom. The number of amides is 1. The summed E-state index contributed by atoms with van der Waals surface area (Å²) in [5.74, 6) is 0.210. The Morgan fingerprint density at radius 2 is 1.88 bits per heavy atom. The van der Waals surface area contributed by atoms with Crippen molar-refractivity contribution in [2.75, 3.05) is 11.5 Å². The fourth-order valence-corrected chi connectivity index (χ4v) is 2.74. The first kappa shape index (κ1) is 10.4. The van der Waals surface area contributed by atoms with Crippen molar-refractivity contribution in [3.8, 4) is 5.75 Å². The third-order valence-electron chi connectivity index (χ3n) is 3.84. The molecule has 1 aliphatic carbocycles. The zero-order chi connectivity index (χ0) is 11.9. The predicted octanol–water partition coefficient (Wildman–Crippen LogP) is 2.66. The van der Waals surface area contributed by atoms with Crippen molar-refractivity contribution in [3.63, 3.8) is 0 Å². The van der Waals surface area contributed by atoms with Gasteiger partial charge in [-0.3, -0.25) is 4.90 Å². The molecule has 17 heavy (non-hydrogen) atoms. The number of hydrogen-bond donors (Lipinski definition) is 1. The fourth-order valence-electron chi connectivity index (χ4n) is 2.74. The molecule has 1 amide bonds. The van der Waals surface area contributed by atoms with E-state index in [0.717, 1.165) is 24.9 Å². The van der Waals surface area contributed by atoms with Crippen LogP contribution in [0.3, 0.4) is 0 Å². The number of aromatic hydroxyl groups is 1. The lowest BCUT2D eigenvalue weighted by Crippen LogP contribution is -2.60. The van der Waals surface area contributed by atoms with E-state index in [9.17, 15) is 9.90 Å². The average Bonchev–Trinajstić information content (AvgIpc) is 2.28. The molecule has 2 aliphatic rings. The number of carbonyl (C=O) groups excluding carboxylic acids is 1. The van der Waals surface area contributed by atoms with Crippen molar-refractivity contribution < 1.29 is 14.6 Å². The quantitative estimate of drug-likeness (QED) is 0.811. The van der Waals surface area contributed by atoms with E-state index < -0.39 is 0 Å². The summed E-state index contributed by atoms with van der Waals surface area (Å²) in [7, 11) is 0. The van der Waals surface area contributed by atoms with Crippen molar-refractivity contribution in [1.82, 2.24) is 0 Å². The fraction of sp³-hybridized carbons (Fsp3) is 0.462. The van der Waals surface area contributed by atoms with Gasteiger partial charge >= 0.3 is 6.09 Å². The Hall–Kier alpha value is -1.71. The van der Waals surface area contributed by atoms with Crippen molar-refractivity contribution in [1.29, 1.82) is 0 Å². The van der Waals surface area contributed by atoms with E-state index >= 15 is 0 Å². The lowest BCUT2D eigenvalue weighted by molar-refractivity contribution is 0.0778. The molecule has 90 valence electrons. The maximum Gasteiger partial charge on any atom is 0.414 e. The number of phenols is 1. The highest BCUT2D eigenvalue weighted by Crippen LogP contribution is 2.45. The lowest BCUT2D eigenvalue weighted by Gasteiger charge is -2.52. The van der Waals surface area contributed by atoms with E-state index in [4.69, 9.17) is 4.74 Å². The number of ether oxygens (including phenoxy) is 1. The summed E-state index contributed by atoms with van der Waals surface area (Å²) < 4.78 is 5.13. The largest absolute Gasteiger partial charge is 0.508 e. The van der Waals surface area contributed by atoms with Crippen molar-refractivity contribution in [3.05, 3.63) is 24.3 Å². The molecule has 4 nitrogen and oxygen atoms in total. The molecule has 0 atom stereocenters. The normalized spacial score (nSPS) is 22.1. The van der Waals surface area contributed by atoms with Gasteiger partial charge in [0.05, 0.1) is 12.1 Å². The van der Waals surface area contributed by atoms with Gasteiger partial charge in [0, 0.05) is 12.1 Å². The zero-order valence-corrected chi connectivity index (χ0v) is 9.56. The molecule has 1 heterocycles. The van der Waals surface area contributed by atoms with Crippen LogP contribution < -0.4 is 4.90 Å². The van der Waals surface area contributed by atoms with Crippen LogP contribution in [0.1, 0.15) is 25.7 Å². The average molecular weight is 233 g/mol. The third-order valence-corrected chi connectivity index (χ3v) is 3.84. The minimum Gasteiger partial charge on any atom is -0.508 e. The molecule has 0 radical (unpaired) electrons. The first-order valence-electron chi connectivity index (χ1n) is 5.97. The molecular formula is C13H15NO3. The van der Waals surface area contributed by atoms with Gasteiger partial charge in [-0.15, -0.1) is 0 Å². The Kier molecular flexibility index (Phi) is 2.24. The summed E-state index contributed by atoms with van der Waals surface area (Å²) in [6.07, 6.45) is 3.90. The van der Waals surface area contributed by atoms with E-state index in [-0.39, 0.29) is 17.4 Å². The monoisotopic (exact) mass is 233 g/mol. The number of anilines is 1. The minimum absolute atomic E-state index is 0.0354. The van der Waals surface area contributed by atoms with Gasteiger partial charge in [0.25, 0.3) is 0 Å². The second-order valence-electron chi connectivity index (χ2n) is 4.79. The Balaban J connectivity index is 1.97. The van der Waals surface area contributed by atoms with Crippen LogP contribution in [0.15, 0.2) is 24.3 Å². The van der Waals surface area contributed by atoms with Gasteiger partial charge in [0.1, 0.15) is 5.75 Å². The van der Waals surface area contributed by atoms with Crippen LogP contribution >= 0.6 is 0 Å². The molecule has 1 aliphatic heterocycles.